The minimum Gasteiger partial charge on any atom is -0.380 e. The van der Waals surface area contributed by atoms with E-state index >= 15 is 0 Å². The first-order valence-corrected chi connectivity index (χ1v) is 5.14. The number of hydrogen-bond donors (Lipinski definition) is 2. The summed E-state index contributed by atoms with van der Waals surface area (Å²) in [5, 5.41) is 0. The van der Waals surface area contributed by atoms with Crippen LogP contribution in [0.25, 0.3) is 0 Å². The zero-order chi connectivity index (χ0) is 11.0. The third kappa shape index (κ3) is 6.32. The van der Waals surface area contributed by atoms with Crippen molar-refractivity contribution in [2.45, 2.75) is 45.3 Å². The number of methoxy groups -OCH3 is 1. The number of hydrogen-bond acceptors (Lipinski definition) is 4. The summed E-state index contributed by atoms with van der Waals surface area (Å²) in [6.45, 7) is 7.58. The van der Waals surface area contributed by atoms with Gasteiger partial charge in [0, 0.05) is 19.8 Å². The van der Waals surface area contributed by atoms with Crippen LogP contribution < -0.4 is 11.3 Å². The van der Waals surface area contributed by atoms with Gasteiger partial charge in [-0.05, 0) is 26.7 Å². The van der Waals surface area contributed by atoms with Crippen LogP contribution in [-0.2, 0) is 9.47 Å². The Hall–Kier alpha value is -0.160. The van der Waals surface area contributed by atoms with E-state index in [0.29, 0.717) is 6.61 Å². The molecule has 0 aliphatic carbocycles. The van der Waals surface area contributed by atoms with Crippen LogP contribution in [0.3, 0.4) is 0 Å². The lowest BCUT2D eigenvalue weighted by Gasteiger charge is -2.28. The summed E-state index contributed by atoms with van der Waals surface area (Å²) in [6.07, 6.45) is 1.87. The fraction of sp³-hybridized carbons (Fsp3) is 1.00. The maximum atomic E-state index is 5.43. The second kappa shape index (κ2) is 7.17. The van der Waals surface area contributed by atoms with Crippen LogP contribution in [0.15, 0.2) is 0 Å². The molecule has 0 aromatic heterocycles. The molecule has 0 bridgehead atoms. The first-order valence-electron chi connectivity index (χ1n) is 5.14. The summed E-state index contributed by atoms with van der Waals surface area (Å²) in [4.78, 5) is 0. The van der Waals surface area contributed by atoms with Gasteiger partial charge < -0.3 is 9.47 Å². The van der Waals surface area contributed by atoms with E-state index in [4.69, 9.17) is 15.3 Å². The molecular formula is C10H24N2O2. The van der Waals surface area contributed by atoms with E-state index in [2.05, 4.69) is 12.3 Å². The topological polar surface area (TPSA) is 56.5 Å². The second-order valence-corrected chi connectivity index (χ2v) is 4.11. The summed E-state index contributed by atoms with van der Waals surface area (Å²) >= 11 is 0. The van der Waals surface area contributed by atoms with Gasteiger partial charge in [-0.1, -0.05) is 6.92 Å². The van der Waals surface area contributed by atoms with Crippen molar-refractivity contribution < 1.29 is 9.47 Å². The Balaban J connectivity index is 3.78. The first-order chi connectivity index (χ1) is 6.55. The van der Waals surface area contributed by atoms with E-state index in [9.17, 15) is 0 Å². The molecule has 0 aromatic rings. The molecule has 4 nitrogen and oxygen atoms in total. The maximum absolute atomic E-state index is 5.43. The van der Waals surface area contributed by atoms with Crippen LogP contribution in [-0.4, -0.2) is 32.0 Å². The predicted octanol–water partition coefficient (Wildman–Crippen LogP) is 1.06. The smallest absolute Gasteiger partial charge is 0.0639 e. The van der Waals surface area contributed by atoms with Crippen molar-refractivity contribution in [3.05, 3.63) is 0 Å². The molecule has 0 heterocycles. The van der Waals surface area contributed by atoms with Gasteiger partial charge in [-0.25, -0.2) is 0 Å². The minimum absolute atomic E-state index is 0.150. The van der Waals surface area contributed by atoms with Crippen molar-refractivity contribution in [3.63, 3.8) is 0 Å². The SMILES string of the molecule is CCCOCC(CC(C)(C)OC)NN. The van der Waals surface area contributed by atoms with Gasteiger partial charge in [-0.2, -0.15) is 0 Å². The molecule has 4 heteroatoms. The molecule has 0 saturated carbocycles. The number of ether oxygens (including phenoxy) is 2. The second-order valence-electron chi connectivity index (χ2n) is 4.11. The van der Waals surface area contributed by atoms with Gasteiger partial charge in [0.05, 0.1) is 12.2 Å². The van der Waals surface area contributed by atoms with E-state index in [-0.39, 0.29) is 11.6 Å². The third-order valence-corrected chi connectivity index (χ3v) is 2.19. The monoisotopic (exact) mass is 204 g/mol. The number of nitrogens with one attached hydrogen (secondary N) is 1. The highest BCUT2D eigenvalue weighted by Crippen LogP contribution is 2.15. The van der Waals surface area contributed by atoms with Gasteiger partial charge >= 0.3 is 0 Å². The summed E-state index contributed by atoms with van der Waals surface area (Å²) in [6, 6.07) is 0.150. The van der Waals surface area contributed by atoms with Gasteiger partial charge in [-0.15, -0.1) is 0 Å². The molecule has 0 aliphatic heterocycles. The lowest BCUT2D eigenvalue weighted by molar-refractivity contribution is -0.00460. The van der Waals surface area contributed by atoms with Gasteiger partial charge in [0.1, 0.15) is 0 Å². The molecule has 0 amide bonds. The van der Waals surface area contributed by atoms with Crippen LogP contribution in [0.4, 0.5) is 0 Å². The fourth-order valence-electron chi connectivity index (χ4n) is 1.21. The Labute approximate surface area is 87.1 Å². The zero-order valence-corrected chi connectivity index (χ0v) is 9.80. The van der Waals surface area contributed by atoms with Crippen molar-refractivity contribution in [1.29, 1.82) is 0 Å². The minimum atomic E-state index is -0.160. The zero-order valence-electron chi connectivity index (χ0n) is 9.80. The highest BCUT2D eigenvalue weighted by molar-refractivity contribution is 4.76. The first kappa shape index (κ1) is 13.8. The molecule has 0 aliphatic rings. The van der Waals surface area contributed by atoms with Gasteiger partial charge in [0.15, 0.2) is 0 Å². The van der Waals surface area contributed by atoms with Crippen LogP contribution in [0, 0.1) is 0 Å². The van der Waals surface area contributed by atoms with Crippen LogP contribution in [0.1, 0.15) is 33.6 Å². The van der Waals surface area contributed by atoms with Crippen LogP contribution in [0.5, 0.6) is 0 Å². The lowest BCUT2D eigenvalue weighted by Crippen LogP contribution is -2.44. The number of rotatable bonds is 8. The van der Waals surface area contributed by atoms with Crippen molar-refractivity contribution in [2.24, 2.45) is 5.84 Å². The molecule has 3 N–H and O–H groups in total. The van der Waals surface area contributed by atoms with Crippen molar-refractivity contribution >= 4 is 0 Å². The summed E-state index contributed by atoms with van der Waals surface area (Å²) in [7, 11) is 1.71. The Kier molecular flexibility index (Phi) is 7.09. The van der Waals surface area contributed by atoms with Gasteiger partial charge in [0.25, 0.3) is 0 Å². The lowest BCUT2D eigenvalue weighted by atomic mass is 10.00. The van der Waals surface area contributed by atoms with Crippen LogP contribution >= 0.6 is 0 Å². The van der Waals surface area contributed by atoms with E-state index in [0.717, 1.165) is 19.4 Å². The molecule has 14 heavy (non-hydrogen) atoms. The van der Waals surface area contributed by atoms with Gasteiger partial charge in [0.2, 0.25) is 0 Å². The van der Waals surface area contributed by atoms with Crippen molar-refractivity contribution in [1.82, 2.24) is 5.43 Å². The predicted molar refractivity (Wildman–Crippen MR) is 57.9 cm³/mol. The van der Waals surface area contributed by atoms with Gasteiger partial charge in [-0.3, -0.25) is 11.3 Å². The summed E-state index contributed by atoms with van der Waals surface area (Å²) in [5.41, 5.74) is 2.59. The molecule has 0 aromatic carbocycles. The summed E-state index contributed by atoms with van der Waals surface area (Å²) < 4.78 is 10.8. The molecule has 0 spiro atoms. The molecule has 86 valence electrons. The average molecular weight is 204 g/mol. The Morgan fingerprint density at radius 3 is 2.50 bits per heavy atom. The third-order valence-electron chi connectivity index (χ3n) is 2.19. The normalized spacial score (nSPS) is 14.4. The van der Waals surface area contributed by atoms with E-state index in [1.54, 1.807) is 7.11 Å². The van der Waals surface area contributed by atoms with Crippen LogP contribution in [0.2, 0.25) is 0 Å². The Morgan fingerprint density at radius 1 is 1.43 bits per heavy atom. The molecule has 1 atom stereocenters. The van der Waals surface area contributed by atoms with E-state index in [1.165, 1.54) is 0 Å². The molecule has 0 fully saturated rings. The molecular weight excluding hydrogens is 180 g/mol. The molecule has 0 rings (SSSR count). The standard InChI is InChI=1S/C10H24N2O2/c1-5-6-14-8-9(12-11)7-10(2,3)13-4/h9,12H,5-8,11H2,1-4H3. The molecule has 0 radical (unpaired) electrons. The highest BCUT2D eigenvalue weighted by atomic mass is 16.5. The van der Waals surface area contributed by atoms with Crippen molar-refractivity contribution in [3.8, 4) is 0 Å². The fourth-order valence-corrected chi connectivity index (χ4v) is 1.21. The Morgan fingerprint density at radius 2 is 2.07 bits per heavy atom. The Bertz CT molecular complexity index is 140. The van der Waals surface area contributed by atoms with E-state index < -0.39 is 0 Å². The highest BCUT2D eigenvalue weighted by Gasteiger charge is 2.22. The number of nitrogens with two attached hydrogens (primary N) is 1. The maximum Gasteiger partial charge on any atom is 0.0639 e. The largest absolute Gasteiger partial charge is 0.380 e. The van der Waals surface area contributed by atoms with Crippen molar-refractivity contribution in [2.75, 3.05) is 20.3 Å². The summed E-state index contributed by atoms with van der Waals surface area (Å²) in [5.74, 6) is 5.43. The molecule has 1 unspecified atom stereocenters. The average Bonchev–Trinajstić information content (AvgIpc) is 2.16. The van der Waals surface area contributed by atoms with E-state index in [1.807, 2.05) is 13.8 Å². The number of hydrazine groups is 1. The quantitative estimate of drug-likeness (QED) is 0.353. The molecule has 0 saturated heterocycles.